The zero-order chi connectivity index (χ0) is 17.0. The van der Waals surface area contributed by atoms with Crippen LogP contribution in [0.2, 0.25) is 0 Å². The van der Waals surface area contributed by atoms with Crippen LogP contribution in [0.5, 0.6) is 0 Å². The summed E-state index contributed by atoms with van der Waals surface area (Å²) in [6.45, 7) is 7.47. The van der Waals surface area contributed by atoms with E-state index in [0.717, 1.165) is 32.1 Å². The molecule has 1 spiro atoms. The number of hydrogen-bond donors (Lipinski definition) is 1. The molecule has 3 rings (SSSR count). The maximum absolute atomic E-state index is 4.52. The van der Waals surface area contributed by atoms with E-state index in [0.29, 0.717) is 5.41 Å². The van der Waals surface area contributed by atoms with Crippen LogP contribution in [0.15, 0.2) is 29.3 Å². The van der Waals surface area contributed by atoms with E-state index in [2.05, 4.69) is 58.3 Å². The number of aliphatic imine (C=N–C) groups is 1. The van der Waals surface area contributed by atoms with Crippen LogP contribution in [0.1, 0.15) is 43.7 Å². The Morgan fingerprint density at radius 1 is 1.29 bits per heavy atom. The molecule has 2 aliphatic rings. The Balaban J connectivity index is 1.55. The number of nitrogens with one attached hydrogen (secondary N) is 1. The zero-order valence-electron chi connectivity index (χ0n) is 15.5. The first kappa shape index (κ1) is 17.3. The highest BCUT2D eigenvalue weighted by molar-refractivity contribution is 5.80. The summed E-state index contributed by atoms with van der Waals surface area (Å²) in [5.74, 6) is 1.06. The molecule has 0 aromatic heterocycles. The highest BCUT2D eigenvalue weighted by Gasteiger charge is 2.43. The summed E-state index contributed by atoms with van der Waals surface area (Å²) >= 11 is 0. The molecule has 0 unspecified atom stereocenters. The fourth-order valence-electron chi connectivity index (χ4n) is 3.98. The first-order chi connectivity index (χ1) is 11.6. The van der Waals surface area contributed by atoms with Crippen molar-refractivity contribution in [2.75, 3.05) is 33.7 Å². The van der Waals surface area contributed by atoms with Gasteiger partial charge in [-0.1, -0.05) is 37.6 Å². The molecule has 0 atom stereocenters. The lowest BCUT2D eigenvalue weighted by Gasteiger charge is -2.38. The van der Waals surface area contributed by atoms with Gasteiger partial charge in [-0.05, 0) is 49.4 Å². The number of benzene rings is 1. The van der Waals surface area contributed by atoms with Crippen molar-refractivity contribution in [2.45, 2.75) is 45.7 Å². The molecule has 1 saturated carbocycles. The monoisotopic (exact) mass is 328 g/mol. The van der Waals surface area contributed by atoms with Gasteiger partial charge in [-0.25, -0.2) is 0 Å². The minimum absolute atomic E-state index is 0.613. The van der Waals surface area contributed by atoms with Gasteiger partial charge in [-0.3, -0.25) is 4.99 Å². The molecule has 1 heterocycles. The van der Waals surface area contributed by atoms with Crippen molar-refractivity contribution in [1.82, 2.24) is 15.1 Å². The van der Waals surface area contributed by atoms with Crippen LogP contribution in [0.4, 0.5) is 0 Å². The fourth-order valence-corrected chi connectivity index (χ4v) is 3.98. The standard InChI is InChI=1S/C20H32N4/c1-4-23(3)15-18-8-5-7-17(13-18)14-22-19(21-2)24-12-11-20(16-24)9-6-10-20/h5,7-8,13H,4,6,9-12,14-16H2,1-3H3,(H,21,22). The van der Waals surface area contributed by atoms with E-state index in [1.54, 1.807) is 0 Å². The maximum atomic E-state index is 4.52. The van der Waals surface area contributed by atoms with Gasteiger partial charge in [-0.2, -0.15) is 0 Å². The van der Waals surface area contributed by atoms with Gasteiger partial charge in [0.05, 0.1) is 0 Å². The quantitative estimate of drug-likeness (QED) is 0.666. The first-order valence-electron chi connectivity index (χ1n) is 9.36. The Morgan fingerprint density at radius 2 is 2.08 bits per heavy atom. The SMILES string of the molecule is CCN(C)Cc1cccc(CNC(=NC)N2CCC3(CCC3)C2)c1. The normalized spacial score (nSPS) is 19.8. The molecular formula is C20H32N4. The summed E-state index contributed by atoms with van der Waals surface area (Å²) < 4.78 is 0. The van der Waals surface area contributed by atoms with Crippen LogP contribution in [0.3, 0.4) is 0 Å². The minimum atomic E-state index is 0.613. The molecule has 2 fully saturated rings. The van der Waals surface area contributed by atoms with Crippen LogP contribution in [0, 0.1) is 5.41 Å². The summed E-state index contributed by atoms with van der Waals surface area (Å²) in [5.41, 5.74) is 3.32. The predicted octanol–water partition coefficient (Wildman–Crippen LogP) is 3.09. The smallest absolute Gasteiger partial charge is 0.193 e. The number of likely N-dealkylation sites (tertiary alicyclic amines) is 1. The summed E-state index contributed by atoms with van der Waals surface area (Å²) in [7, 11) is 4.07. The van der Waals surface area contributed by atoms with E-state index in [9.17, 15) is 0 Å². The van der Waals surface area contributed by atoms with Gasteiger partial charge in [0, 0.05) is 33.2 Å². The fraction of sp³-hybridized carbons (Fsp3) is 0.650. The Labute approximate surface area is 146 Å². The summed E-state index contributed by atoms with van der Waals surface area (Å²) in [4.78, 5) is 9.30. The molecular weight excluding hydrogens is 296 g/mol. The predicted molar refractivity (Wildman–Crippen MR) is 101 cm³/mol. The Morgan fingerprint density at radius 3 is 2.71 bits per heavy atom. The van der Waals surface area contributed by atoms with Gasteiger partial charge in [0.15, 0.2) is 5.96 Å². The second kappa shape index (κ2) is 7.56. The summed E-state index contributed by atoms with van der Waals surface area (Å²) in [6, 6.07) is 8.89. The van der Waals surface area contributed by atoms with Gasteiger partial charge < -0.3 is 15.1 Å². The van der Waals surface area contributed by atoms with Crippen LogP contribution in [-0.4, -0.2) is 49.5 Å². The molecule has 1 saturated heterocycles. The van der Waals surface area contributed by atoms with Crippen molar-refractivity contribution in [3.05, 3.63) is 35.4 Å². The van der Waals surface area contributed by atoms with Gasteiger partial charge in [0.2, 0.25) is 0 Å². The lowest BCUT2D eigenvalue weighted by atomic mass is 9.68. The number of rotatable bonds is 5. The highest BCUT2D eigenvalue weighted by atomic mass is 15.3. The third-order valence-electron chi connectivity index (χ3n) is 5.80. The van der Waals surface area contributed by atoms with E-state index < -0.39 is 0 Å². The van der Waals surface area contributed by atoms with Crippen LogP contribution >= 0.6 is 0 Å². The van der Waals surface area contributed by atoms with Crippen LogP contribution < -0.4 is 5.32 Å². The number of hydrogen-bond acceptors (Lipinski definition) is 2. The van der Waals surface area contributed by atoms with E-state index in [1.807, 2.05) is 7.05 Å². The van der Waals surface area contributed by atoms with Crippen LogP contribution in [-0.2, 0) is 13.1 Å². The minimum Gasteiger partial charge on any atom is -0.352 e. The molecule has 1 aliphatic heterocycles. The molecule has 1 aliphatic carbocycles. The van der Waals surface area contributed by atoms with Gasteiger partial charge in [0.1, 0.15) is 0 Å². The number of guanidine groups is 1. The Bertz CT molecular complexity index is 577. The molecule has 1 aromatic carbocycles. The molecule has 1 N–H and O–H groups in total. The topological polar surface area (TPSA) is 30.9 Å². The van der Waals surface area contributed by atoms with Gasteiger partial charge in [-0.15, -0.1) is 0 Å². The molecule has 0 radical (unpaired) electrons. The van der Waals surface area contributed by atoms with E-state index in [4.69, 9.17) is 0 Å². The van der Waals surface area contributed by atoms with Crippen LogP contribution in [0.25, 0.3) is 0 Å². The van der Waals surface area contributed by atoms with Crippen molar-refractivity contribution in [3.63, 3.8) is 0 Å². The summed E-state index contributed by atoms with van der Waals surface area (Å²) in [5, 5.41) is 3.57. The third kappa shape index (κ3) is 3.92. The third-order valence-corrected chi connectivity index (χ3v) is 5.80. The van der Waals surface area contributed by atoms with E-state index in [-0.39, 0.29) is 0 Å². The lowest BCUT2D eigenvalue weighted by Crippen LogP contribution is -2.42. The Hall–Kier alpha value is -1.55. The van der Waals surface area contributed by atoms with Crippen molar-refractivity contribution in [2.24, 2.45) is 10.4 Å². The zero-order valence-corrected chi connectivity index (χ0v) is 15.5. The maximum Gasteiger partial charge on any atom is 0.193 e. The average molecular weight is 329 g/mol. The Kier molecular flexibility index (Phi) is 5.44. The van der Waals surface area contributed by atoms with E-state index in [1.165, 1.54) is 43.4 Å². The molecule has 4 heteroatoms. The first-order valence-corrected chi connectivity index (χ1v) is 9.36. The second-order valence-electron chi connectivity index (χ2n) is 7.58. The second-order valence-corrected chi connectivity index (χ2v) is 7.58. The average Bonchev–Trinajstić information content (AvgIpc) is 3.01. The molecule has 4 nitrogen and oxygen atoms in total. The molecule has 24 heavy (non-hydrogen) atoms. The highest BCUT2D eigenvalue weighted by Crippen LogP contribution is 2.47. The van der Waals surface area contributed by atoms with Crippen molar-refractivity contribution < 1.29 is 0 Å². The largest absolute Gasteiger partial charge is 0.352 e. The molecule has 0 bridgehead atoms. The number of nitrogens with zero attached hydrogens (tertiary/aromatic N) is 3. The molecule has 0 amide bonds. The molecule has 132 valence electrons. The van der Waals surface area contributed by atoms with Crippen molar-refractivity contribution in [1.29, 1.82) is 0 Å². The lowest BCUT2D eigenvalue weighted by molar-refractivity contribution is 0.151. The van der Waals surface area contributed by atoms with Crippen molar-refractivity contribution >= 4 is 5.96 Å². The van der Waals surface area contributed by atoms with Crippen molar-refractivity contribution in [3.8, 4) is 0 Å². The van der Waals surface area contributed by atoms with E-state index >= 15 is 0 Å². The van der Waals surface area contributed by atoms with Gasteiger partial charge in [0.25, 0.3) is 0 Å². The molecule has 1 aromatic rings. The summed E-state index contributed by atoms with van der Waals surface area (Å²) in [6.07, 6.45) is 5.58. The van der Waals surface area contributed by atoms with Gasteiger partial charge >= 0.3 is 0 Å².